The molecule has 2 N–H and O–H groups in total. The van der Waals surface area contributed by atoms with E-state index >= 15 is 0 Å². The Morgan fingerprint density at radius 2 is 1.95 bits per heavy atom. The Morgan fingerprint density at radius 1 is 1.26 bits per heavy atom. The number of fused-ring (bicyclic) bond motifs is 1. The Morgan fingerprint density at radius 3 is 2.56 bits per heavy atom. The number of pyridine rings is 1. The maximum atomic E-state index is 11.4. The number of halogens is 1. The van der Waals surface area contributed by atoms with Gasteiger partial charge in [-0.2, -0.15) is 11.8 Å². The highest BCUT2D eigenvalue weighted by Crippen LogP contribution is 2.52. The van der Waals surface area contributed by atoms with Crippen LogP contribution in [0.1, 0.15) is 65.5 Å². The first-order chi connectivity index (χ1) is 18.3. The number of carboxylic acids is 1. The number of carbonyl (C=O) groups is 1. The lowest BCUT2D eigenvalue weighted by Crippen LogP contribution is -2.23. The lowest BCUT2D eigenvalue weighted by atomic mass is 9.88. The van der Waals surface area contributed by atoms with E-state index in [-0.39, 0.29) is 17.1 Å². The van der Waals surface area contributed by atoms with E-state index in [0.29, 0.717) is 5.02 Å². The molecule has 0 spiro atoms. The lowest BCUT2D eigenvalue weighted by Gasteiger charge is -2.26. The summed E-state index contributed by atoms with van der Waals surface area (Å²) in [5, 5.41) is 21.8. The van der Waals surface area contributed by atoms with Crippen LogP contribution in [0.4, 0.5) is 0 Å². The minimum atomic E-state index is -0.944. The number of aromatic nitrogens is 1. The van der Waals surface area contributed by atoms with Crippen molar-refractivity contribution in [2.45, 2.75) is 70.7 Å². The number of hydrogen-bond donors (Lipinski definition) is 2. The average Bonchev–Trinajstić information content (AvgIpc) is 3.60. The van der Waals surface area contributed by atoms with Crippen molar-refractivity contribution < 1.29 is 15.0 Å². The predicted molar refractivity (Wildman–Crippen MR) is 167 cm³/mol. The highest BCUT2D eigenvalue weighted by atomic mass is 35.5. The van der Waals surface area contributed by atoms with Crippen molar-refractivity contribution in [3.63, 3.8) is 0 Å². The van der Waals surface area contributed by atoms with E-state index in [9.17, 15) is 15.0 Å². The first-order valence-corrected chi connectivity index (χ1v) is 14.8. The molecule has 0 amide bonds. The summed E-state index contributed by atoms with van der Waals surface area (Å²) in [6, 6.07) is 9.67. The van der Waals surface area contributed by atoms with Crippen LogP contribution in [-0.2, 0) is 4.79 Å². The third-order valence-corrected chi connectivity index (χ3v) is 9.20. The Labute approximate surface area is 242 Å². The third kappa shape index (κ3) is 9.23. The zero-order valence-electron chi connectivity index (χ0n) is 23.5. The largest absolute Gasteiger partial charge is 0.481 e. The summed E-state index contributed by atoms with van der Waals surface area (Å²) in [4.78, 5) is 16.1. The molecule has 0 radical (unpaired) electrons. The summed E-state index contributed by atoms with van der Waals surface area (Å²) in [6.07, 6.45) is 11.7. The SMILES string of the molecule is C=C(C=Cc1ccc2ccc(Cl)cc2n1)C=C(C)C(CCC(=C)C(=CC)C(C)(C)O)SCC1(CC(=O)O)CC1. The van der Waals surface area contributed by atoms with Gasteiger partial charge in [0.15, 0.2) is 0 Å². The third-order valence-electron chi connectivity index (χ3n) is 7.18. The summed E-state index contributed by atoms with van der Waals surface area (Å²) < 4.78 is 0. The summed E-state index contributed by atoms with van der Waals surface area (Å²) in [7, 11) is 0. The molecule has 0 bridgehead atoms. The summed E-state index contributed by atoms with van der Waals surface area (Å²) in [5.74, 6) is 0.0893. The molecule has 1 fully saturated rings. The fraction of sp³-hybridized carbons (Fsp3) is 0.394. The van der Waals surface area contributed by atoms with Gasteiger partial charge in [0.05, 0.1) is 23.2 Å². The summed E-state index contributed by atoms with van der Waals surface area (Å²) in [6.45, 7) is 16.1. The molecule has 4 nitrogen and oxygen atoms in total. The van der Waals surface area contributed by atoms with E-state index < -0.39 is 11.6 Å². The van der Waals surface area contributed by atoms with Gasteiger partial charge in [-0.3, -0.25) is 4.79 Å². The molecule has 6 heteroatoms. The maximum absolute atomic E-state index is 11.4. The van der Waals surface area contributed by atoms with Gasteiger partial charge in [-0.25, -0.2) is 4.98 Å². The molecule has 1 atom stereocenters. The van der Waals surface area contributed by atoms with Gasteiger partial charge in [-0.1, -0.05) is 60.7 Å². The van der Waals surface area contributed by atoms with Gasteiger partial charge in [0, 0.05) is 21.4 Å². The van der Waals surface area contributed by atoms with Gasteiger partial charge in [0.2, 0.25) is 0 Å². The second kappa shape index (κ2) is 13.2. The van der Waals surface area contributed by atoms with Gasteiger partial charge >= 0.3 is 5.97 Å². The van der Waals surface area contributed by atoms with E-state index in [4.69, 9.17) is 11.6 Å². The molecule has 1 aromatic heterocycles. The zero-order valence-corrected chi connectivity index (χ0v) is 25.0. The van der Waals surface area contributed by atoms with E-state index in [1.165, 1.54) is 5.57 Å². The molecular formula is C33H40ClNO3S. The zero-order chi connectivity index (χ0) is 28.8. The quantitative estimate of drug-likeness (QED) is 0.224. The number of nitrogens with zero attached hydrogens (tertiary/aromatic N) is 1. The Kier molecular flexibility index (Phi) is 10.4. The van der Waals surface area contributed by atoms with Crippen molar-refractivity contribution in [3.05, 3.63) is 94.7 Å². The summed E-state index contributed by atoms with van der Waals surface area (Å²) in [5.41, 5.74) is 4.47. The summed E-state index contributed by atoms with van der Waals surface area (Å²) >= 11 is 7.95. The van der Waals surface area contributed by atoms with E-state index in [0.717, 1.165) is 64.8 Å². The average molecular weight is 566 g/mol. The number of carboxylic acid groups (broad SMARTS) is 1. The standard InChI is InChI=1S/C33H40ClNO3S/c1-7-28(32(5,6)38)23(3)9-15-30(39-21-33(16-17-33)20-31(36)37)24(4)18-22(2)8-13-27-14-11-25-10-12-26(34)19-29(25)35-27/h7-8,10-14,18-19,30,38H,2-3,9,15-17,20-21H2,1,4-6H3,(H,36,37). The van der Waals surface area contributed by atoms with E-state index in [1.54, 1.807) is 13.8 Å². The second-order valence-electron chi connectivity index (χ2n) is 11.1. The van der Waals surface area contributed by atoms with Crippen LogP contribution in [-0.4, -0.2) is 37.8 Å². The minimum absolute atomic E-state index is 0.0881. The molecule has 39 heavy (non-hydrogen) atoms. The molecule has 1 heterocycles. The van der Waals surface area contributed by atoms with Crippen LogP contribution >= 0.6 is 23.4 Å². The monoisotopic (exact) mass is 565 g/mol. The van der Waals surface area contributed by atoms with Crippen molar-refractivity contribution in [3.8, 4) is 0 Å². The van der Waals surface area contributed by atoms with Gasteiger partial charge < -0.3 is 10.2 Å². The van der Waals surface area contributed by atoms with Crippen molar-refractivity contribution in [1.29, 1.82) is 0 Å². The van der Waals surface area contributed by atoms with Crippen molar-refractivity contribution >= 4 is 46.3 Å². The molecule has 1 saturated carbocycles. The molecule has 1 aliphatic carbocycles. The number of aliphatic carboxylic acids is 1. The van der Waals surface area contributed by atoms with Gasteiger partial charge in [0.1, 0.15) is 0 Å². The number of rotatable bonds is 14. The normalized spacial score (nSPS) is 16.5. The Balaban J connectivity index is 1.73. The van der Waals surface area contributed by atoms with Crippen LogP contribution in [0.5, 0.6) is 0 Å². The van der Waals surface area contributed by atoms with E-state index in [1.807, 2.05) is 67.2 Å². The molecule has 1 aliphatic rings. The highest BCUT2D eigenvalue weighted by Gasteiger charge is 2.44. The first kappa shape index (κ1) is 30.9. The lowest BCUT2D eigenvalue weighted by molar-refractivity contribution is -0.138. The highest BCUT2D eigenvalue weighted by molar-refractivity contribution is 8.00. The van der Waals surface area contributed by atoms with Gasteiger partial charge in [0.25, 0.3) is 0 Å². The molecule has 208 valence electrons. The molecule has 1 unspecified atom stereocenters. The minimum Gasteiger partial charge on any atom is -0.481 e. The van der Waals surface area contributed by atoms with Crippen LogP contribution in [0.25, 0.3) is 17.0 Å². The van der Waals surface area contributed by atoms with Crippen LogP contribution in [0.2, 0.25) is 5.02 Å². The Hall–Kier alpha value is -2.60. The number of aliphatic hydroxyl groups is 1. The number of thioether (sulfide) groups is 1. The molecular weight excluding hydrogens is 526 g/mol. The number of benzene rings is 1. The number of hydrogen-bond acceptors (Lipinski definition) is 4. The first-order valence-electron chi connectivity index (χ1n) is 13.3. The maximum Gasteiger partial charge on any atom is 0.303 e. The van der Waals surface area contributed by atoms with Crippen LogP contribution in [0.3, 0.4) is 0 Å². The molecule has 3 rings (SSSR count). The molecule has 0 saturated heterocycles. The van der Waals surface area contributed by atoms with Crippen LogP contribution < -0.4 is 0 Å². The molecule has 0 aliphatic heterocycles. The van der Waals surface area contributed by atoms with Crippen LogP contribution in [0.15, 0.2) is 84.0 Å². The predicted octanol–water partition coefficient (Wildman–Crippen LogP) is 8.81. The van der Waals surface area contributed by atoms with Crippen molar-refractivity contribution in [2.24, 2.45) is 5.41 Å². The molecule has 2 aromatic rings. The van der Waals surface area contributed by atoms with Gasteiger partial charge in [-0.05, 0) is 99.8 Å². The Bertz CT molecular complexity index is 1330. The van der Waals surface area contributed by atoms with Crippen molar-refractivity contribution in [1.82, 2.24) is 4.98 Å². The smallest absolute Gasteiger partial charge is 0.303 e. The molecule has 1 aromatic carbocycles. The fourth-order valence-electron chi connectivity index (χ4n) is 4.84. The van der Waals surface area contributed by atoms with Gasteiger partial charge in [-0.15, -0.1) is 0 Å². The van der Waals surface area contributed by atoms with E-state index in [2.05, 4.69) is 31.1 Å². The fourth-order valence-corrected chi connectivity index (χ4v) is 6.57. The second-order valence-corrected chi connectivity index (χ2v) is 12.8. The van der Waals surface area contributed by atoms with Crippen molar-refractivity contribution in [2.75, 3.05) is 5.75 Å². The topological polar surface area (TPSA) is 70.4 Å². The van der Waals surface area contributed by atoms with Crippen LogP contribution in [0, 0.1) is 5.41 Å². The number of allylic oxidation sites excluding steroid dienone is 4.